The molecule has 2 aliphatic carbocycles. The van der Waals surface area contributed by atoms with Crippen LogP contribution in [-0.2, 0) is 6.54 Å². The first kappa shape index (κ1) is 11.3. The molecule has 2 saturated carbocycles. The number of aromatic nitrogens is 2. The van der Waals surface area contributed by atoms with Crippen LogP contribution < -0.4 is 5.73 Å². The van der Waals surface area contributed by atoms with Crippen molar-refractivity contribution in [1.82, 2.24) is 9.55 Å². The lowest BCUT2D eigenvalue weighted by atomic mass is 9.89. The van der Waals surface area contributed by atoms with Gasteiger partial charge in [-0.25, -0.2) is 4.98 Å². The number of nitrogens with zero attached hydrogens (tertiary/aromatic N) is 2. The van der Waals surface area contributed by atoms with Crippen LogP contribution >= 0.6 is 0 Å². The zero-order chi connectivity index (χ0) is 13.0. The van der Waals surface area contributed by atoms with Crippen molar-refractivity contribution in [3.8, 4) is 0 Å². The Kier molecular flexibility index (Phi) is 2.38. The van der Waals surface area contributed by atoms with E-state index in [9.17, 15) is 0 Å². The Bertz CT molecular complexity index is 628. The second kappa shape index (κ2) is 3.99. The largest absolute Gasteiger partial charge is 0.399 e. The lowest BCUT2D eigenvalue weighted by molar-refractivity contribution is 0.296. The lowest BCUT2D eigenvalue weighted by Crippen LogP contribution is -2.18. The number of imidazole rings is 1. The van der Waals surface area contributed by atoms with Crippen LogP contribution in [0.1, 0.15) is 31.5 Å². The van der Waals surface area contributed by atoms with Crippen LogP contribution in [0.2, 0.25) is 0 Å². The number of nitrogens with two attached hydrogens (primary N) is 1. The molecule has 3 nitrogen and oxygen atoms in total. The first-order chi connectivity index (χ1) is 9.20. The fourth-order valence-corrected chi connectivity index (χ4v) is 4.33. The molecule has 0 spiro atoms. The molecule has 2 aromatic rings. The van der Waals surface area contributed by atoms with E-state index >= 15 is 0 Å². The summed E-state index contributed by atoms with van der Waals surface area (Å²) in [4.78, 5) is 4.66. The summed E-state index contributed by atoms with van der Waals surface area (Å²) in [5, 5.41) is 0. The minimum absolute atomic E-state index is 0.803. The molecule has 0 radical (unpaired) electrons. The fraction of sp³-hybridized carbons (Fsp3) is 0.562. The van der Waals surface area contributed by atoms with Gasteiger partial charge < -0.3 is 10.3 Å². The van der Waals surface area contributed by atoms with E-state index in [1.807, 2.05) is 12.1 Å². The molecular weight excluding hydrogens is 234 g/mol. The van der Waals surface area contributed by atoms with Crippen molar-refractivity contribution < 1.29 is 0 Å². The van der Waals surface area contributed by atoms with Crippen molar-refractivity contribution >= 4 is 16.7 Å². The number of hydrogen-bond acceptors (Lipinski definition) is 2. The van der Waals surface area contributed by atoms with Crippen LogP contribution in [-0.4, -0.2) is 9.55 Å². The van der Waals surface area contributed by atoms with Gasteiger partial charge in [-0.15, -0.1) is 0 Å². The first-order valence-corrected chi connectivity index (χ1v) is 7.43. The summed E-state index contributed by atoms with van der Waals surface area (Å²) in [6.45, 7) is 3.26. The topological polar surface area (TPSA) is 43.8 Å². The molecule has 1 aromatic carbocycles. The molecule has 100 valence electrons. The molecule has 2 fully saturated rings. The molecule has 2 bridgehead atoms. The van der Waals surface area contributed by atoms with Gasteiger partial charge in [-0.3, -0.25) is 0 Å². The van der Waals surface area contributed by atoms with Crippen LogP contribution in [0.15, 0.2) is 18.2 Å². The van der Waals surface area contributed by atoms with Gasteiger partial charge in [0.25, 0.3) is 0 Å². The molecule has 3 unspecified atom stereocenters. The third kappa shape index (κ3) is 1.75. The Morgan fingerprint density at radius 2 is 2.21 bits per heavy atom. The minimum atomic E-state index is 0.803. The summed E-state index contributed by atoms with van der Waals surface area (Å²) < 4.78 is 2.40. The van der Waals surface area contributed by atoms with E-state index in [2.05, 4.69) is 22.5 Å². The van der Waals surface area contributed by atoms with Crippen molar-refractivity contribution in [3.63, 3.8) is 0 Å². The van der Waals surface area contributed by atoms with E-state index in [0.29, 0.717) is 0 Å². The van der Waals surface area contributed by atoms with E-state index in [1.165, 1.54) is 31.2 Å². The molecule has 0 aliphatic heterocycles. The third-order valence-electron chi connectivity index (χ3n) is 5.26. The van der Waals surface area contributed by atoms with Gasteiger partial charge in [-0.1, -0.05) is 6.42 Å². The second-order valence-corrected chi connectivity index (χ2v) is 6.45. The van der Waals surface area contributed by atoms with Crippen LogP contribution in [0, 0.1) is 24.7 Å². The number of benzene rings is 1. The quantitative estimate of drug-likeness (QED) is 0.836. The third-order valence-corrected chi connectivity index (χ3v) is 5.26. The Balaban J connectivity index is 1.69. The predicted molar refractivity (Wildman–Crippen MR) is 77.8 cm³/mol. The van der Waals surface area contributed by atoms with Gasteiger partial charge in [-0.05, 0) is 62.1 Å². The highest BCUT2D eigenvalue weighted by molar-refractivity contribution is 5.79. The SMILES string of the molecule is Cc1nc2cc(N)ccc2n1CC1CC2CCC1C2. The van der Waals surface area contributed by atoms with Gasteiger partial charge >= 0.3 is 0 Å². The number of anilines is 1. The molecule has 2 N–H and O–H groups in total. The van der Waals surface area contributed by atoms with Crippen LogP contribution in [0.3, 0.4) is 0 Å². The maximum atomic E-state index is 5.85. The number of fused-ring (bicyclic) bond motifs is 3. The molecule has 0 amide bonds. The van der Waals surface area contributed by atoms with E-state index in [0.717, 1.165) is 41.3 Å². The smallest absolute Gasteiger partial charge is 0.106 e. The number of rotatable bonds is 2. The summed E-state index contributed by atoms with van der Waals surface area (Å²) in [5.41, 5.74) is 8.94. The van der Waals surface area contributed by atoms with Crippen molar-refractivity contribution in [3.05, 3.63) is 24.0 Å². The molecule has 3 atom stereocenters. The van der Waals surface area contributed by atoms with Gasteiger partial charge in [0.05, 0.1) is 11.0 Å². The summed E-state index contributed by atoms with van der Waals surface area (Å²) in [6.07, 6.45) is 5.83. The molecule has 0 saturated heterocycles. The number of aryl methyl sites for hydroxylation is 1. The van der Waals surface area contributed by atoms with Gasteiger partial charge in [0, 0.05) is 12.2 Å². The highest BCUT2D eigenvalue weighted by Gasteiger charge is 2.39. The van der Waals surface area contributed by atoms with Crippen molar-refractivity contribution in [2.75, 3.05) is 5.73 Å². The summed E-state index contributed by atoms with van der Waals surface area (Å²) >= 11 is 0. The average molecular weight is 255 g/mol. The number of nitrogen functional groups attached to an aromatic ring is 1. The van der Waals surface area contributed by atoms with Gasteiger partial charge in [0.15, 0.2) is 0 Å². The zero-order valence-electron chi connectivity index (χ0n) is 11.5. The van der Waals surface area contributed by atoms with Gasteiger partial charge in [0.2, 0.25) is 0 Å². The Labute approximate surface area is 113 Å². The van der Waals surface area contributed by atoms with Crippen LogP contribution in [0.25, 0.3) is 11.0 Å². The van der Waals surface area contributed by atoms with Crippen LogP contribution in [0.4, 0.5) is 5.69 Å². The standard InChI is InChI=1S/C16H21N3/c1-10-18-15-8-14(17)4-5-16(15)19(10)9-13-7-11-2-3-12(13)6-11/h4-5,8,11-13H,2-3,6-7,9,17H2,1H3. The molecule has 3 heteroatoms. The zero-order valence-corrected chi connectivity index (χ0v) is 11.5. The lowest BCUT2D eigenvalue weighted by Gasteiger charge is -2.23. The highest BCUT2D eigenvalue weighted by Crippen LogP contribution is 2.49. The van der Waals surface area contributed by atoms with E-state index in [-0.39, 0.29) is 0 Å². The van der Waals surface area contributed by atoms with Crippen molar-refractivity contribution in [2.45, 2.75) is 39.2 Å². The van der Waals surface area contributed by atoms with Crippen LogP contribution in [0.5, 0.6) is 0 Å². The van der Waals surface area contributed by atoms with E-state index < -0.39 is 0 Å². The van der Waals surface area contributed by atoms with Gasteiger partial charge in [-0.2, -0.15) is 0 Å². The maximum absolute atomic E-state index is 5.85. The van der Waals surface area contributed by atoms with Crippen molar-refractivity contribution in [1.29, 1.82) is 0 Å². The molecule has 1 aromatic heterocycles. The normalized spacial score (nSPS) is 29.4. The average Bonchev–Trinajstić information content (AvgIpc) is 3.05. The molecule has 19 heavy (non-hydrogen) atoms. The van der Waals surface area contributed by atoms with Crippen molar-refractivity contribution in [2.24, 2.45) is 17.8 Å². The fourth-order valence-electron chi connectivity index (χ4n) is 4.33. The summed E-state index contributed by atoms with van der Waals surface area (Å²) in [5.74, 6) is 3.98. The number of hydrogen-bond donors (Lipinski definition) is 1. The monoisotopic (exact) mass is 255 g/mol. The van der Waals surface area contributed by atoms with E-state index in [4.69, 9.17) is 5.73 Å². The highest BCUT2D eigenvalue weighted by atomic mass is 15.1. The molecule has 1 heterocycles. The van der Waals surface area contributed by atoms with Gasteiger partial charge in [0.1, 0.15) is 5.82 Å². The molecule has 4 rings (SSSR count). The predicted octanol–water partition coefficient (Wildman–Crippen LogP) is 3.36. The Hall–Kier alpha value is -1.51. The molecular formula is C16H21N3. The Morgan fingerprint density at radius 1 is 1.32 bits per heavy atom. The Morgan fingerprint density at radius 3 is 2.95 bits per heavy atom. The maximum Gasteiger partial charge on any atom is 0.106 e. The second-order valence-electron chi connectivity index (χ2n) is 6.45. The van der Waals surface area contributed by atoms with E-state index in [1.54, 1.807) is 0 Å². The molecule has 2 aliphatic rings. The minimum Gasteiger partial charge on any atom is -0.399 e. The summed E-state index contributed by atoms with van der Waals surface area (Å²) in [7, 11) is 0. The summed E-state index contributed by atoms with van der Waals surface area (Å²) in [6, 6.07) is 6.10. The first-order valence-electron chi connectivity index (χ1n) is 7.43.